The van der Waals surface area contributed by atoms with E-state index in [1.54, 1.807) is 38.1 Å². The zero-order chi connectivity index (χ0) is 30.6. The number of ether oxygens (including phenoxy) is 3. The fourth-order valence-electron chi connectivity index (χ4n) is 4.27. The molecule has 1 aliphatic heterocycles. The van der Waals surface area contributed by atoms with Gasteiger partial charge in [-0.05, 0) is 69.4 Å². The lowest BCUT2D eigenvalue weighted by Gasteiger charge is -2.18. The van der Waals surface area contributed by atoms with Gasteiger partial charge < -0.3 is 19.9 Å². The molecule has 3 aromatic rings. The molecule has 2 amide bonds. The molecule has 1 heterocycles. The standard InChI is InChI=1S/C17H17ClFNO4.C12H9ClN2O3/c1-9(2)15-16(21)20(17(22)24-15)13-8-14(11(18)7-12(13)19)23-10-5-3-4-6-10;13-11-10(18-8-4-2-1-3-5-8)7-6-9(12(11)14)15(16)17/h7-8,10H,3-6H2,1-2H3;1-7H,14H2. The number of nitro groups is 1. The van der Waals surface area contributed by atoms with Crippen LogP contribution in [0.1, 0.15) is 39.5 Å². The maximum atomic E-state index is 14.3. The number of hydrogen-bond donors (Lipinski definition) is 1. The molecule has 10 nitrogen and oxygen atoms in total. The Morgan fingerprint density at radius 2 is 1.74 bits per heavy atom. The van der Waals surface area contributed by atoms with Crippen molar-refractivity contribution in [3.63, 3.8) is 0 Å². The Morgan fingerprint density at radius 3 is 2.33 bits per heavy atom. The van der Waals surface area contributed by atoms with Crippen LogP contribution in [0.15, 0.2) is 65.9 Å². The molecule has 0 spiro atoms. The lowest BCUT2D eigenvalue weighted by atomic mass is 10.2. The average molecular weight is 618 g/mol. The van der Waals surface area contributed by atoms with Crippen molar-refractivity contribution in [2.75, 3.05) is 10.6 Å². The minimum absolute atomic E-state index is 0.00962. The Balaban J connectivity index is 0.000000201. The highest BCUT2D eigenvalue weighted by molar-refractivity contribution is 6.35. The van der Waals surface area contributed by atoms with Gasteiger partial charge in [-0.1, -0.05) is 41.4 Å². The van der Waals surface area contributed by atoms with Crippen molar-refractivity contribution in [1.29, 1.82) is 0 Å². The summed E-state index contributed by atoms with van der Waals surface area (Å²) in [5.74, 6) is -0.468. The lowest BCUT2D eigenvalue weighted by Crippen LogP contribution is -2.29. The van der Waals surface area contributed by atoms with E-state index in [4.69, 9.17) is 43.1 Å². The number of nitrogens with zero attached hydrogens (tertiary/aromatic N) is 2. The van der Waals surface area contributed by atoms with Crippen molar-refractivity contribution in [2.45, 2.75) is 45.6 Å². The second-order valence-electron chi connectivity index (χ2n) is 9.58. The van der Waals surface area contributed by atoms with E-state index in [-0.39, 0.29) is 50.5 Å². The third-order valence-corrected chi connectivity index (χ3v) is 7.04. The maximum absolute atomic E-state index is 14.3. The van der Waals surface area contributed by atoms with E-state index in [1.807, 2.05) is 6.07 Å². The van der Waals surface area contributed by atoms with E-state index in [0.717, 1.165) is 31.7 Å². The van der Waals surface area contributed by atoms with Gasteiger partial charge in [0.2, 0.25) is 0 Å². The molecule has 1 saturated heterocycles. The number of benzene rings is 3. The summed E-state index contributed by atoms with van der Waals surface area (Å²) < 4.78 is 30.5. The minimum Gasteiger partial charge on any atom is -0.489 e. The topological polar surface area (TPSA) is 134 Å². The molecule has 1 aliphatic carbocycles. The summed E-state index contributed by atoms with van der Waals surface area (Å²) in [7, 11) is 0. The van der Waals surface area contributed by atoms with Gasteiger partial charge in [0.15, 0.2) is 5.76 Å². The number of amides is 2. The molecular formula is C29H26Cl2FN3O7. The number of hydrogen-bond acceptors (Lipinski definition) is 8. The number of rotatable bonds is 6. The minimum atomic E-state index is -0.941. The van der Waals surface area contributed by atoms with E-state index in [2.05, 4.69) is 0 Å². The monoisotopic (exact) mass is 617 g/mol. The number of nitrogen functional groups attached to an aromatic ring is 1. The van der Waals surface area contributed by atoms with Gasteiger partial charge in [-0.2, -0.15) is 0 Å². The molecule has 2 aliphatic rings. The van der Waals surface area contributed by atoms with Crippen LogP contribution >= 0.6 is 23.2 Å². The normalized spacial score (nSPS) is 14.8. The molecule has 3 aromatic carbocycles. The molecule has 2 N–H and O–H groups in total. The largest absolute Gasteiger partial charge is 0.489 e. The predicted octanol–water partition coefficient (Wildman–Crippen LogP) is 8.20. The summed E-state index contributed by atoms with van der Waals surface area (Å²) in [6.07, 6.45) is 3.00. The maximum Gasteiger partial charge on any atom is 0.427 e. The number of carbonyl (C=O) groups excluding carboxylic acids is 2. The fraction of sp³-hybridized carbons (Fsp3) is 0.241. The van der Waals surface area contributed by atoms with Gasteiger partial charge in [-0.15, -0.1) is 0 Å². The van der Waals surface area contributed by atoms with Gasteiger partial charge in [0, 0.05) is 12.1 Å². The number of para-hydroxylation sites is 1. The van der Waals surface area contributed by atoms with Gasteiger partial charge in [0.25, 0.3) is 5.69 Å². The van der Waals surface area contributed by atoms with E-state index >= 15 is 0 Å². The second kappa shape index (κ2) is 13.1. The number of carbonyl (C=O) groups is 2. The van der Waals surface area contributed by atoms with Crippen molar-refractivity contribution >= 4 is 52.3 Å². The van der Waals surface area contributed by atoms with Crippen molar-refractivity contribution in [1.82, 2.24) is 0 Å². The van der Waals surface area contributed by atoms with Crippen LogP contribution in [0.4, 0.5) is 26.2 Å². The SMILES string of the molecule is CC(C)=C1OC(=O)N(c2cc(OC3CCCC3)c(Cl)cc2F)C1=O.Nc1c([N+](=O)[O-])ccc(Oc2ccccc2)c1Cl. The third kappa shape index (κ3) is 6.75. The Kier molecular flexibility index (Phi) is 9.54. The Morgan fingerprint density at radius 1 is 1.07 bits per heavy atom. The zero-order valence-corrected chi connectivity index (χ0v) is 24.1. The first-order valence-electron chi connectivity index (χ1n) is 12.8. The first-order chi connectivity index (χ1) is 20.0. The van der Waals surface area contributed by atoms with Crippen LogP contribution in [-0.4, -0.2) is 23.0 Å². The molecule has 13 heteroatoms. The van der Waals surface area contributed by atoms with Gasteiger partial charge in [0.05, 0.1) is 21.7 Å². The van der Waals surface area contributed by atoms with E-state index in [0.29, 0.717) is 16.2 Å². The average Bonchev–Trinajstić information content (AvgIpc) is 3.56. The van der Waals surface area contributed by atoms with Crippen molar-refractivity contribution < 1.29 is 33.1 Å². The molecule has 0 unspecified atom stereocenters. The van der Waals surface area contributed by atoms with Crippen LogP contribution in [0.3, 0.4) is 0 Å². The number of nitro benzene ring substituents is 1. The van der Waals surface area contributed by atoms with Crippen molar-refractivity contribution in [2.24, 2.45) is 0 Å². The number of halogens is 3. The van der Waals surface area contributed by atoms with Crippen LogP contribution in [0.2, 0.25) is 10.0 Å². The molecule has 0 atom stereocenters. The first kappa shape index (κ1) is 30.6. The van der Waals surface area contributed by atoms with E-state index in [1.165, 1.54) is 18.2 Å². The van der Waals surface area contributed by atoms with Crippen molar-refractivity contribution in [3.05, 3.63) is 91.9 Å². The summed E-state index contributed by atoms with van der Waals surface area (Å²) in [4.78, 5) is 35.1. The molecule has 1 saturated carbocycles. The fourth-order valence-corrected chi connectivity index (χ4v) is 4.66. The molecule has 220 valence electrons. The Bertz CT molecular complexity index is 1560. The quantitative estimate of drug-likeness (QED) is 0.126. The Hall–Kier alpha value is -4.35. The second-order valence-corrected chi connectivity index (χ2v) is 10.4. The van der Waals surface area contributed by atoms with Gasteiger partial charge in [-0.3, -0.25) is 14.9 Å². The molecule has 42 heavy (non-hydrogen) atoms. The molecule has 0 radical (unpaired) electrons. The number of anilines is 2. The van der Waals surface area contributed by atoms with E-state index < -0.39 is 22.7 Å². The summed E-state index contributed by atoms with van der Waals surface area (Å²) in [6.45, 7) is 3.27. The zero-order valence-electron chi connectivity index (χ0n) is 22.6. The molecule has 0 bridgehead atoms. The highest BCUT2D eigenvalue weighted by Crippen LogP contribution is 2.39. The summed E-state index contributed by atoms with van der Waals surface area (Å²) in [5.41, 5.74) is 5.56. The van der Waals surface area contributed by atoms with Gasteiger partial charge >= 0.3 is 12.0 Å². The molecule has 2 fully saturated rings. The van der Waals surface area contributed by atoms with Gasteiger partial charge in [0.1, 0.15) is 33.8 Å². The van der Waals surface area contributed by atoms with Crippen LogP contribution in [-0.2, 0) is 9.53 Å². The first-order valence-corrected chi connectivity index (χ1v) is 13.6. The molecule has 0 aromatic heterocycles. The summed E-state index contributed by atoms with van der Waals surface area (Å²) in [5, 5.41) is 10.8. The Labute approximate surface area is 250 Å². The third-order valence-electron chi connectivity index (χ3n) is 6.35. The smallest absolute Gasteiger partial charge is 0.427 e. The summed E-state index contributed by atoms with van der Waals surface area (Å²) >= 11 is 12.0. The molecular weight excluding hydrogens is 592 g/mol. The van der Waals surface area contributed by atoms with Crippen LogP contribution in [0.25, 0.3) is 0 Å². The highest BCUT2D eigenvalue weighted by Gasteiger charge is 2.40. The molecule has 5 rings (SSSR count). The highest BCUT2D eigenvalue weighted by atomic mass is 35.5. The summed E-state index contributed by atoms with van der Waals surface area (Å²) in [6, 6.07) is 13.9. The van der Waals surface area contributed by atoms with Crippen molar-refractivity contribution in [3.8, 4) is 17.2 Å². The van der Waals surface area contributed by atoms with Gasteiger partial charge in [-0.25, -0.2) is 14.1 Å². The number of nitrogens with two attached hydrogens (primary N) is 1. The number of allylic oxidation sites excluding steroid dienone is 1. The van der Waals surface area contributed by atoms with Crippen LogP contribution < -0.4 is 20.1 Å². The lowest BCUT2D eigenvalue weighted by molar-refractivity contribution is -0.383. The van der Waals surface area contributed by atoms with Crippen LogP contribution in [0, 0.1) is 15.9 Å². The van der Waals surface area contributed by atoms with E-state index in [9.17, 15) is 24.1 Å². The predicted molar refractivity (Wildman–Crippen MR) is 156 cm³/mol. The van der Waals surface area contributed by atoms with Crippen LogP contribution in [0.5, 0.6) is 17.2 Å². The number of cyclic esters (lactones) is 1. The number of imide groups is 1.